The van der Waals surface area contributed by atoms with E-state index in [9.17, 15) is 14.0 Å². The second kappa shape index (κ2) is 9.74. The van der Waals surface area contributed by atoms with Crippen LogP contribution in [-0.4, -0.2) is 38.7 Å². The van der Waals surface area contributed by atoms with E-state index in [1.54, 1.807) is 12.1 Å². The number of halogens is 2. The molecule has 8 heteroatoms. The van der Waals surface area contributed by atoms with Crippen LogP contribution >= 0.6 is 11.6 Å². The van der Waals surface area contributed by atoms with Gasteiger partial charge in [-0.3, -0.25) is 9.59 Å². The maximum absolute atomic E-state index is 13.0. The largest absolute Gasteiger partial charge is 0.484 e. The van der Waals surface area contributed by atoms with Crippen LogP contribution in [0.15, 0.2) is 42.5 Å². The van der Waals surface area contributed by atoms with E-state index in [1.165, 1.54) is 37.4 Å². The molecule has 0 spiro atoms. The van der Waals surface area contributed by atoms with Gasteiger partial charge in [0, 0.05) is 25.4 Å². The summed E-state index contributed by atoms with van der Waals surface area (Å²) >= 11 is 6.09. The Balaban J connectivity index is 1.90. The van der Waals surface area contributed by atoms with E-state index in [2.05, 4.69) is 10.6 Å². The second-order valence-corrected chi connectivity index (χ2v) is 5.64. The van der Waals surface area contributed by atoms with Crippen molar-refractivity contribution in [3.05, 3.63) is 58.9 Å². The molecule has 0 aliphatic heterocycles. The molecule has 0 fully saturated rings. The normalized spacial score (nSPS) is 10.3. The van der Waals surface area contributed by atoms with Crippen molar-refractivity contribution < 1.29 is 23.5 Å². The smallest absolute Gasteiger partial charge is 0.262 e. The standard InChI is InChI=1S/C18H18ClFN2O4/c1-25-8-7-21-18(24)15-6-5-13(10-16(15)19)22-17(23)11-26-14-4-2-3-12(20)9-14/h2-6,9-10H,7-8,11H2,1H3,(H,21,24)(H,22,23). The van der Waals surface area contributed by atoms with Gasteiger partial charge in [-0.2, -0.15) is 0 Å². The lowest BCUT2D eigenvalue weighted by molar-refractivity contribution is -0.118. The van der Waals surface area contributed by atoms with Gasteiger partial charge in [-0.25, -0.2) is 4.39 Å². The van der Waals surface area contributed by atoms with Gasteiger partial charge < -0.3 is 20.1 Å². The SMILES string of the molecule is COCCNC(=O)c1ccc(NC(=O)COc2cccc(F)c2)cc1Cl. The van der Waals surface area contributed by atoms with Crippen LogP contribution in [0.1, 0.15) is 10.4 Å². The zero-order valence-corrected chi connectivity index (χ0v) is 14.8. The maximum atomic E-state index is 13.0. The Morgan fingerprint density at radius 1 is 1.19 bits per heavy atom. The van der Waals surface area contributed by atoms with Crippen LogP contribution < -0.4 is 15.4 Å². The molecule has 0 heterocycles. The van der Waals surface area contributed by atoms with Crippen molar-refractivity contribution in [3.63, 3.8) is 0 Å². The summed E-state index contributed by atoms with van der Waals surface area (Å²) in [5.41, 5.74) is 0.702. The molecule has 0 unspecified atom stereocenters. The van der Waals surface area contributed by atoms with Crippen LogP contribution in [0, 0.1) is 5.82 Å². The lowest BCUT2D eigenvalue weighted by Crippen LogP contribution is -2.27. The summed E-state index contributed by atoms with van der Waals surface area (Å²) in [4.78, 5) is 23.9. The van der Waals surface area contributed by atoms with E-state index in [-0.39, 0.29) is 28.8 Å². The van der Waals surface area contributed by atoms with Crippen molar-refractivity contribution in [2.75, 3.05) is 32.2 Å². The van der Waals surface area contributed by atoms with Crippen molar-refractivity contribution in [2.24, 2.45) is 0 Å². The summed E-state index contributed by atoms with van der Waals surface area (Å²) in [6, 6.07) is 10.0. The van der Waals surface area contributed by atoms with Gasteiger partial charge in [-0.05, 0) is 30.3 Å². The number of ether oxygens (including phenoxy) is 2. The minimum Gasteiger partial charge on any atom is -0.484 e. The first-order valence-electron chi connectivity index (χ1n) is 7.74. The quantitative estimate of drug-likeness (QED) is 0.690. The fraction of sp³-hybridized carbons (Fsp3) is 0.222. The van der Waals surface area contributed by atoms with Crippen LogP contribution in [0.5, 0.6) is 5.75 Å². The molecule has 0 radical (unpaired) electrons. The fourth-order valence-corrected chi connectivity index (χ4v) is 2.31. The molecular formula is C18H18ClFN2O4. The van der Waals surface area contributed by atoms with Crippen LogP contribution in [-0.2, 0) is 9.53 Å². The van der Waals surface area contributed by atoms with Gasteiger partial charge in [-0.15, -0.1) is 0 Å². The lowest BCUT2D eigenvalue weighted by Gasteiger charge is -2.10. The van der Waals surface area contributed by atoms with Gasteiger partial charge >= 0.3 is 0 Å². The van der Waals surface area contributed by atoms with Crippen LogP contribution in [0.3, 0.4) is 0 Å². The summed E-state index contributed by atoms with van der Waals surface area (Å²) in [7, 11) is 1.54. The number of carbonyl (C=O) groups excluding carboxylic acids is 2. The van der Waals surface area contributed by atoms with Crippen molar-refractivity contribution in [1.82, 2.24) is 5.32 Å². The molecule has 2 amide bonds. The number of benzene rings is 2. The molecule has 26 heavy (non-hydrogen) atoms. The fourth-order valence-electron chi connectivity index (χ4n) is 2.04. The number of hydrogen-bond acceptors (Lipinski definition) is 4. The molecule has 0 saturated heterocycles. The van der Waals surface area contributed by atoms with Crippen molar-refractivity contribution >= 4 is 29.1 Å². The highest BCUT2D eigenvalue weighted by Gasteiger charge is 2.12. The predicted molar refractivity (Wildman–Crippen MR) is 96.2 cm³/mol. The highest BCUT2D eigenvalue weighted by Crippen LogP contribution is 2.21. The Kier molecular flexibility index (Phi) is 7.37. The number of amides is 2. The Labute approximate surface area is 155 Å². The summed E-state index contributed by atoms with van der Waals surface area (Å²) in [5.74, 6) is -0.975. The Hall–Kier alpha value is -2.64. The molecule has 2 aromatic carbocycles. The van der Waals surface area contributed by atoms with E-state index in [4.69, 9.17) is 21.1 Å². The summed E-state index contributed by atoms with van der Waals surface area (Å²) in [6.07, 6.45) is 0. The van der Waals surface area contributed by atoms with Crippen molar-refractivity contribution in [1.29, 1.82) is 0 Å². The minimum atomic E-state index is -0.450. The van der Waals surface area contributed by atoms with Gasteiger partial charge in [0.25, 0.3) is 11.8 Å². The van der Waals surface area contributed by atoms with Crippen LogP contribution in [0.4, 0.5) is 10.1 Å². The summed E-state index contributed by atoms with van der Waals surface area (Å²) in [5, 5.41) is 5.45. The number of hydrogen-bond donors (Lipinski definition) is 2. The van der Waals surface area contributed by atoms with E-state index in [1.807, 2.05) is 0 Å². The van der Waals surface area contributed by atoms with Crippen molar-refractivity contribution in [3.8, 4) is 5.75 Å². The second-order valence-electron chi connectivity index (χ2n) is 5.24. The van der Waals surface area contributed by atoms with Gasteiger partial charge in [0.1, 0.15) is 11.6 Å². The molecule has 0 aliphatic carbocycles. The third-order valence-electron chi connectivity index (χ3n) is 3.26. The first-order valence-corrected chi connectivity index (χ1v) is 8.12. The zero-order valence-electron chi connectivity index (χ0n) is 14.1. The number of nitrogens with one attached hydrogen (secondary N) is 2. The van der Waals surface area contributed by atoms with Crippen LogP contribution in [0.25, 0.3) is 0 Å². The van der Waals surface area contributed by atoms with Crippen LogP contribution in [0.2, 0.25) is 5.02 Å². The molecule has 138 valence electrons. The highest BCUT2D eigenvalue weighted by atomic mass is 35.5. The number of anilines is 1. The molecular weight excluding hydrogens is 363 g/mol. The molecule has 0 aliphatic rings. The zero-order chi connectivity index (χ0) is 18.9. The molecule has 2 aromatic rings. The molecule has 6 nitrogen and oxygen atoms in total. The highest BCUT2D eigenvalue weighted by molar-refractivity contribution is 6.34. The lowest BCUT2D eigenvalue weighted by atomic mass is 10.2. The molecule has 2 N–H and O–H groups in total. The minimum absolute atomic E-state index is 0.198. The topological polar surface area (TPSA) is 76.7 Å². The third-order valence-corrected chi connectivity index (χ3v) is 3.57. The first kappa shape index (κ1) is 19.7. The van der Waals surface area contributed by atoms with Crippen molar-refractivity contribution in [2.45, 2.75) is 0 Å². The third kappa shape index (κ3) is 6.02. The molecule has 0 saturated carbocycles. The van der Waals surface area contributed by atoms with E-state index in [0.717, 1.165) is 0 Å². The number of carbonyl (C=O) groups is 2. The van der Waals surface area contributed by atoms with E-state index >= 15 is 0 Å². The average Bonchev–Trinajstić information content (AvgIpc) is 2.60. The first-order chi connectivity index (χ1) is 12.5. The molecule has 0 bridgehead atoms. The van der Waals surface area contributed by atoms with Gasteiger partial charge in [0.05, 0.1) is 17.2 Å². The Morgan fingerprint density at radius 2 is 2.00 bits per heavy atom. The van der Waals surface area contributed by atoms with Gasteiger partial charge in [0.2, 0.25) is 0 Å². The van der Waals surface area contributed by atoms with Gasteiger partial charge in [0.15, 0.2) is 6.61 Å². The van der Waals surface area contributed by atoms with Gasteiger partial charge in [-0.1, -0.05) is 17.7 Å². The number of rotatable bonds is 8. The maximum Gasteiger partial charge on any atom is 0.262 e. The molecule has 2 rings (SSSR count). The Bertz CT molecular complexity index is 786. The van der Waals surface area contributed by atoms with E-state index < -0.39 is 11.7 Å². The molecule has 0 aromatic heterocycles. The number of methoxy groups -OCH3 is 1. The Morgan fingerprint density at radius 3 is 2.69 bits per heavy atom. The summed E-state index contributed by atoms with van der Waals surface area (Å²) in [6.45, 7) is 0.463. The average molecular weight is 381 g/mol. The monoisotopic (exact) mass is 380 g/mol. The predicted octanol–water partition coefficient (Wildman–Crippen LogP) is 2.87. The summed E-state index contributed by atoms with van der Waals surface area (Å²) < 4.78 is 23.1. The molecule has 0 atom stereocenters. The van der Waals surface area contributed by atoms with E-state index in [0.29, 0.717) is 18.8 Å².